The monoisotopic (exact) mass is 312 g/mol. The summed E-state index contributed by atoms with van der Waals surface area (Å²) >= 11 is 3.36. The molecule has 1 saturated heterocycles. The molecule has 98 valence electrons. The number of hydrogen-bond donors (Lipinski definition) is 2. The number of nitrogens with one attached hydrogen (secondary N) is 2. The van der Waals surface area contributed by atoms with Crippen molar-refractivity contribution >= 4 is 27.5 Å². The summed E-state index contributed by atoms with van der Waals surface area (Å²) in [6.07, 6.45) is 2.29. The largest absolute Gasteiger partial charge is 0.367 e. The SMILES string of the molecule is O=C(CO[C@H]1CCCNC1)Nc1cccc(Br)c1. The number of benzene rings is 1. The number of piperidine rings is 1. The lowest BCUT2D eigenvalue weighted by atomic mass is 10.1. The lowest BCUT2D eigenvalue weighted by molar-refractivity contribution is -0.122. The van der Waals surface area contributed by atoms with Gasteiger partial charge in [-0.2, -0.15) is 0 Å². The number of hydrogen-bond acceptors (Lipinski definition) is 3. The zero-order valence-electron chi connectivity index (χ0n) is 10.1. The topological polar surface area (TPSA) is 50.4 Å². The maximum atomic E-state index is 11.7. The zero-order chi connectivity index (χ0) is 12.8. The van der Waals surface area contributed by atoms with Crippen LogP contribution in [0.15, 0.2) is 28.7 Å². The van der Waals surface area contributed by atoms with Crippen molar-refractivity contribution in [2.24, 2.45) is 0 Å². The molecule has 0 aromatic heterocycles. The third-order valence-corrected chi connectivity index (χ3v) is 3.30. The van der Waals surface area contributed by atoms with Crippen molar-refractivity contribution < 1.29 is 9.53 Å². The van der Waals surface area contributed by atoms with Crippen molar-refractivity contribution in [2.75, 3.05) is 25.0 Å². The minimum absolute atomic E-state index is 0.110. The number of halogens is 1. The van der Waals surface area contributed by atoms with E-state index >= 15 is 0 Å². The molecule has 1 aromatic carbocycles. The normalized spacial score (nSPS) is 19.5. The van der Waals surface area contributed by atoms with Gasteiger partial charge in [-0.05, 0) is 37.6 Å². The molecule has 2 rings (SSSR count). The van der Waals surface area contributed by atoms with Crippen molar-refractivity contribution in [1.82, 2.24) is 5.32 Å². The second kappa shape index (κ2) is 6.87. The third-order valence-electron chi connectivity index (χ3n) is 2.81. The summed E-state index contributed by atoms with van der Waals surface area (Å²) in [6, 6.07) is 7.51. The highest BCUT2D eigenvalue weighted by molar-refractivity contribution is 9.10. The summed E-state index contributed by atoms with van der Waals surface area (Å²) in [6.45, 7) is 1.99. The highest BCUT2D eigenvalue weighted by Gasteiger charge is 2.14. The molecule has 1 aromatic rings. The van der Waals surface area contributed by atoms with Crippen LogP contribution in [0.3, 0.4) is 0 Å². The lowest BCUT2D eigenvalue weighted by Crippen LogP contribution is -2.37. The molecule has 18 heavy (non-hydrogen) atoms. The van der Waals surface area contributed by atoms with Gasteiger partial charge in [-0.15, -0.1) is 0 Å². The maximum Gasteiger partial charge on any atom is 0.250 e. The Hall–Kier alpha value is -0.910. The summed E-state index contributed by atoms with van der Waals surface area (Å²) < 4.78 is 6.50. The first-order chi connectivity index (χ1) is 8.74. The molecule has 0 radical (unpaired) electrons. The van der Waals surface area contributed by atoms with Crippen LogP contribution in [0.25, 0.3) is 0 Å². The highest BCUT2D eigenvalue weighted by atomic mass is 79.9. The Labute approximate surface area is 115 Å². The Bertz CT molecular complexity index is 406. The van der Waals surface area contributed by atoms with Crippen LogP contribution in [0, 0.1) is 0 Å². The first-order valence-corrected chi connectivity index (χ1v) is 6.91. The van der Waals surface area contributed by atoms with Crippen LogP contribution in [0.1, 0.15) is 12.8 Å². The van der Waals surface area contributed by atoms with Crippen molar-refractivity contribution in [2.45, 2.75) is 18.9 Å². The number of anilines is 1. The van der Waals surface area contributed by atoms with Gasteiger partial charge in [0.1, 0.15) is 6.61 Å². The van der Waals surface area contributed by atoms with E-state index in [1.54, 1.807) is 0 Å². The van der Waals surface area contributed by atoms with Crippen molar-refractivity contribution in [3.63, 3.8) is 0 Å². The van der Waals surface area contributed by atoms with Gasteiger partial charge in [0, 0.05) is 16.7 Å². The summed E-state index contributed by atoms with van der Waals surface area (Å²) in [5.74, 6) is -0.112. The molecule has 0 aliphatic carbocycles. The molecule has 1 aliphatic heterocycles. The minimum Gasteiger partial charge on any atom is -0.367 e. The van der Waals surface area contributed by atoms with Crippen LogP contribution < -0.4 is 10.6 Å². The first-order valence-electron chi connectivity index (χ1n) is 6.12. The second-order valence-corrected chi connectivity index (χ2v) is 5.25. The fraction of sp³-hybridized carbons (Fsp3) is 0.462. The standard InChI is InChI=1S/C13H17BrN2O2/c14-10-3-1-4-11(7-10)16-13(17)9-18-12-5-2-6-15-8-12/h1,3-4,7,12,15H,2,5-6,8-9H2,(H,16,17)/t12-/m0/s1. The van der Waals surface area contributed by atoms with E-state index in [1.165, 1.54) is 0 Å². The highest BCUT2D eigenvalue weighted by Crippen LogP contribution is 2.15. The van der Waals surface area contributed by atoms with E-state index in [0.717, 1.165) is 36.1 Å². The van der Waals surface area contributed by atoms with E-state index in [-0.39, 0.29) is 18.6 Å². The lowest BCUT2D eigenvalue weighted by Gasteiger charge is -2.22. The van der Waals surface area contributed by atoms with Gasteiger partial charge in [0.05, 0.1) is 6.10 Å². The average molecular weight is 313 g/mol. The Morgan fingerprint density at radius 1 is 1.56 bits per heavy atom. The molecular weight excluding hydrogens is 296 g/mol. The summed E-state index contributed by atoms with van der Waals surface area (Å²) in [7, 11) is 0. The Morgan fingerprint density at radius 3 is 3.17 bits per heavy atom. The van der Waals surface area contributed by atoms with Crippen LogP contribution >= 0.6 is 15.9 Å². The van der Waals surface area contributed by atoms with E-state index in [1.807, 2.05) is 24.3 Å². The van der Waals surface area contributed by atoms with E-state index in [2.05, 4.69) is 26.6 Å². The quantitative estimate of drug-likeness (QED) is 0.895. The predicted octanol–water partition coefficient (Wildman–Crippen LogP) is 2.16. The molecule has 2 N–H and O–H groups in total. The average Bonchev–Trinajstić information content (AvgIpc) is 2.38. The maximum absolute atomic E-state index is 11.7. The molecule has 0 spiro atoms. The number of carbonyl (C=O) groups is 1. The van der Waals surface area contributed by atoms with Crippen LogP contribution in [0.4, 0.5) is 5.69 Å². The number of carbonyl (C=O) groups excluding carboxylic acids is 1. The Morgan fingerprint density at radius 2 is 2.44 bits per heavy atom. The van der Waals surface area contributed by atoms with Gasteiger partial charge in [0.25, 0.3) is 0 Å². The van der Waals surface area contributed by atoms with Gasteiger partial charge in [-0.25, -0.2) is 0 Å². The fourth-order valence-electron chi connectivity index (χ4n) is 1.92. The number of amides is 1. The molecule has 1 aliphatic rings. The van der Waals surface area contributed by atoms with E-state index in [9.17, 15) is 4.79 Å². The first kappa shape index (κ1) is 13.5. The molecule has 0 saturated carbocycles. The molecular formula is C13H17BrN2O2. The Balaban J connectivity index is 1.74. The summed E-state index contributed by atoms with van der Waals surface area (Å²) in [5, 5.41) is 6.06. The van der Waals surface area contributed by atoms with Crippen LogP contribution in [0.2, 0.25) is 0 Å². The molecule has 4 nitrogen and oxygen atoms in total. The summed E-state index contributed by atoms with van der Waals surface area (Å²) in [4.78, 5) is 11.7. The van der Waals surface area contributed by atoms with E-state index in [4.69, 9.17) is 4.74 Å². The van der Waals surface area contributed by atoms with Gasteiger partial charge < -0.3 is 15.4 Å². The second-order valence-electron chi connectivity index (χ2n) is 4.34. The molecule has 1 amide bonds. The number of ether oxygens (including phenoxy) is 1. The van der Waals surface area contributed by atoms with Crippen LogP contribution in [0.5, 0.6) is 0 Å². The van der Waals surface area contributed by atoms with Crippen molar-refractivity contribution in [3.8, 4) is 0 Å². The van der Waals surface area contributed by atoms with Crippen molar-refractivity contribution in [1.29, 1.82) is 0 Å². The number of rotatable bonds is 4. The van der Waals surface area contributed by atoms with Crippen LogP contribution in [-0.2, 0) is 9.53 Å². The predicted molar refractivity (Wildman–Crippen MR) is 74.6 cm³/mol. The van der Waals surface area contributed by atoms with Crippen molar-refractivity contribution in [3.05, 3.63) is 28.7 Å². The van der Waals surface area contributed by atoms with E-state index in [0.29, 0.717) is 0 Å². The summed E-state index contributed by atoms with van der Waals surface area (Å²) in [5.41, 5.74) is 0.778. The van der Waals surface area contributed by atoms with Gasteiger partial charge in [-0.3, -0.25) is 4.79 Å². The van der Waals surface area contributed by atoms with E-state index < -0.39 is 0 Å². The minimum atomic E-state index is -0.112. The third kappa shape index (κ3) is 4.40. The molecule has 0 unspecified atom stereocenters. The fourth-order valence-corrected chi connectivity index (χ4v) is 2.32. The molecule has 1 heterocycles. The van der Waals surface area contributed by atoms with Gasteiger partial charge in [0.2, 0.25) is 5.91 Å². The smallest absolute Gasteiger partial charge is 0.250 e. The van der Waals surface area contributed by atoms with Gasteiger partial charge >= 0.3 is 0 Å². The van der Waals surface area contributed by atoms with Gasteiger partial charge in [-0.1, -0.05) is 22.0 Å². The van der Waals surface area contributed by atoms with Crippen LogP contribution in [-0.4, -0.2) is 31.7 Å². The Kier molecular flexibility index (Phi) is 5.16. The zero-order valence-corrected chi connectivity index (χ0v) is 11.7. The molecule has 1 atom stereocenters. The molecule has 0 bridgehead atoms. The molecule has 5 heteroatoms. The van der Waals surface area contributed by atoms with Gasteiger partial charge in [0.15, 0.2) is 0 Å². The molecule has 1 fully saturated rings.